The molecule has 2 unspecified atom stereocenters. The summed E-state index contributed by atoms with van der Waals surface area (Å²) in [4.78, 5) is 29.7. The number of fused-ring (bicyclic) bond motifs is 1. The van der Waals surface area contributed by atoms with Gasteiger partial charge >= 0.3 is 0 Å². The highest BCUT2D eigenvalue weighted by Crippen LogP contribution is 2.32. The van der Waals surface area contributed by atoms with Crippen LogP contribution in [0.3, 0.4) is 0 Å². The topological polar surface area (TPSA) is 98.6 Å². The molecule has 0 aliphatic heterocycles. The largest absolute Gasteiger partial charge is 0.497 e. The van der Waals surface area contributed by atoms with Gasteiger partial charge in [0.05, 0.1) is 25.4 Å². The summed E-state index contributed by atoms with van der Waals surface area (Å²) >= 11 is 0. The average Bonchev–Trinajstić information content (AvgIpc) is 3.41. The molecule has 41 heavy (non-hydrogen) atoms. The van der Waals surface area contributed by atoms with Crippen molar-refractivity contribution in [2.24, 2.45) is 5.92 Å². The second-order valence-electron chi connectivity index (χ2n) is 9.89. The quantitative estimate of drug-likeness (QED) is 0.276. The number of carbonyl (C=O) groups is 2. The molecule has 1 aromatic heterocycles. The fraction of sp³-hybridized carbons (Fsp3) is 0.290. The van der Waals surface area contributed by atoms with Gasteiger partial charge in [-0.3, -0.25) is 9.59 Å². The van der Waals surface area contributed by atoms with Crippen molar-refractivity contribution in [3.63, 3.8) is 0 Å². The molecule has 5 rings (SSSR count). The van der Waals surface area contributed by atoms with Crippen molar-refractivity contribution >= 4 is 28.5 Å². The Labute approximate surface area is 237 Å². The lowest BCUT2D eigenvalue weighted by Gasteiger charge is -2.37. The second kappa shape index (κ2) is 12.6. The van der Waals surface area contributed by atoms with Crippen molar-refractivity contribution in [2.75, 3.05) is 19.5 Å². The minimum atomic E-state index is -0.895. The number of carbonyl (C=O) groups excluding carboxylic acids is 2. The fourth-order valence-electron chi connectivity index (χ4n) is 5.23. The van der Waals surface area contributed by atoms with Crippen molar-refractivity contribution in [3.05, 3.63) is 90.3 Å². The maximum atomic E-state index is 14.9. The van der Waals surface area contributed by atoms with Gasteiger partial charge in [-0.15, -0.1) is 5.10 Å². The third-order valence-corrected chi connectivity index (χ3v) is 7.35. The van der Waals surface area contributed by atoms with E-state index < -0.39 is 11.9 Å². The average molecular weight is 558 g/mol. The van der Waals surface area contributed by atoms with E-state index in [9.17, 15) is 14.0 Å². The molecule has 4 aromatic rings. The van der Waals surface area contributed by atoms with Crippen molar-refractivity contribution < 1.29 is 23.5 Å². The van der Waals surface area contributed by atoms with Crippen molar-refractivity contribution in [2.45, 2.75) is 38.4 Å². The van der Waals surface area contributed by atoms with Gasteiger partial charge in [-0.2, -0.15) is 0 Å². The van der Waals surface area contributed by atoms with E-state index in [1.807, 2.05) is 30.3 Å². The van der Waals surface area contributed by atoms with E-state index in [-0.39, 0.29) is 30.8 Å². The van der Waals surface area contributed by atoms with Crippen LogP contribution in [0.5, 0.6) is 11.5 Å². The lowest BCUT2D eigenvalue weighted by Crippen LogP contribution is -2.52. The minimum absolute atomic E-state index is 0.0871. The standard InChI is InChI=1S/C31H32FN5O4/c1-40-23-16-17-26(28(18-23)41-2)33-31(39)30(21-10-4-3-5-11-21)36(19-22-12-6-7-13-24(22)32)29(38)20-37-27-15-9-8-14-25(27)34-35-37/h3-4,6-9,12-18,21,30H,5,10-11,19-20H2,1-2H3,(H,33,39). The monoisotopic (exact) mass is 557 g/mol. The fourth-order valence-corrected chi connectivity index (χ4v) is 5.23. The van der Waals surface area contributed by atoms with E-state index in [1.165, 1.54) is 22.8 Å². The van der Waals surface area contributed by atoms with E-state index in [4.69, 9.17) is 9.47 Å². The van der Waals surface area contributed by atoms with Gasteiger partial charge in [-0.05, 0) is 55.5 Å². The number of methoxy groups -OCH3 is 2. The van der Waals surface area contributed by atoms with Crippen LogP contribution in [0, 0.1) is 11.7 Å². The number of hydrogen-bond donors (Lipinski definition) is 1. The number of amides is 2. The van der Waals surface area contributed by atoms with Crippen molar-refractivity contribution in [3.8, 4) is 11.5 Å². The number of ether oxygens (including phenoxy) is 2. The highest BCUT2D eigenvalue weighted by atomic mass is 19.1. The van der Waals surface area contributed by atoms with Crippen LogP contribution in [0.15, 0.2) is 78.9 Å². The molecule has 0 radical (unpaired) electrons. The lowest BCUT2D eigenvalue weighted by atomic mass is 9.85. The number of nitrogens with zero attached hydrogens (tertiary/aromatic N) is 4. The van der Waals surface area contributed by atoms with Gasteiger partial charge in [0.25, 0.3) is 0 Å². The van der Waals surface area contributed by atoms with Gasteiger partial charge in [0.2, 0.25) is 11.8 Å². The minimum Gasteiger partial charge on any atom is -0.497 e. The third kappa shape index (κ3) is 6.21. The van der Waals surface area contributed by atoms with Crippen LogP contribution in [-0.2, 0) is 22.7 Å². The van der Waals surface area contributed by atoms with Gasteiger partial charge in [-0.25, -0.2) is 9.07 Å². The molecule has 2 atom stereocenters. The van der Waals surface area contributed by atoms with Crippen LogP contribution in [-0.4, -0.2) is 52.0 Å². The number of rotatable bonds is 10. The molecule has 0 spiro atoms. The third-order valence-electron chi connectivity index (χ3n) is 7.35. The van der Waals surface area contributed by atoms with Crippen LogP contribution < -0.4 is 14.8 Å². The smallest absolute Gasteiger partial charge is 0.247 e. The van der Waals surface area contributed by atoms with Gasteiger partial charge in [0, 0.05) is 18.2 Å². The molecule has 9 nitrogen and oxygen atoms in total. The summed E-state index contributed by atoms with van der Waals surface area (Å²) < 4.78 is 27.2. The molecule has 2 amide bonds. The molecule has 10 heteroatoms. The molecule has 3 aromatic carbocycles. The Bertz CT molecular complexity index is 1570. The Morgan fingerprint density at radius 3 is 2.63 bits per heavy atom. The molecule has 0 fully saturated rings. The lowest BCUT2D eigenvalue weighted by molar-refractivity contribution is -0.142. The zero-order valence-electron chi connectivity index (χ0n) is 23.0. The number of hydrogen-bond acceptors (Lipinski definition) is 6. The van der Waals surface area contributed by atoms with Crippen LogP contribution in [0.2, 0.25) is 0 Å². The zero-order valence-corrected chi connectivity index (χ0v) is 23.0. The Morgan fingerprint density at radius 1 is 1.07 bits per heavy atom. The Morgan fingerprint density at radius 2 is 1.88 bits per heavy atom. The predicted octanol–water partition coefficient (Wildman–Crippen LogP) is 4.98. The summed E-state index contributed by atoms with van der Waals surface area (Å²) in [7, 11) is 3.05. The summed E-state index contributed by atoms with van der Waals surface area (Å²) in [6, 6.07) is 17.8. The van der Waals surface area contributed by atoms with E-state index in [0.29, 0.717) is 46.6 Å². The van der Waals surface area contributed by atoms with Crippen molar-refractivity contribution in [1.29, 1.82) is 0 Å². The summed E-state index contributed by atoms with van der Waals surface area (Å²) in [5, 5.41) is 11.3. The molecular weight excluding hydrogens is 525 g/mol. The van der Waals surface area contributed by atoms with Gasteiger partial charge in [-0.1, -0.05) is 47.7 Å². The maximum absolute atomic E-state index is 14.9. The molecule has 0 saturated carbocycles. The molecule has 1 N–H and O–H groups in total. The Balaban J connectivity index is 1.53. The summed E-state index contributed by atoms with van der Waals surface area (Å²) in [5.41, 5.74) is 2.10. The summed E-state index contributed by atoms with van der Waals surface area (Å²) in [6.07, 6.45) is 6.17. The van der Waals surface area contributed by atoms with E-state index in [0.717, 1.165) is 6.42 Å². The molecule has 1 aliphatic carbocycles. The number of anilines is 1. The summed E-state index contributed by atoms with van der Waals surface area (Å²) in [5.74, 6) is -0.406. The summed E-state index contributed by atoms with van der Waals surface area (Å²) in [6.45, 7) is -0.247. The Hall–Kier alpha value is -4.73. The van der Waals surface area contributed by atoms with Gasteiger partial charge < -0.3 is 19.7 Å². The second-order valence-corrected chi connectivity index (χ2v) is 9.89. The van der Waals surface area contributed by atoms with Crippen LogP contribution in [0.4, 0.5) is 10.1 Å². The molecular formula is C31H32FN5O4. The number of aromatic nitrogens is 3. The number of nitrogens with one attached hydrogen (secondary N) is 1. The number of benzene rings is 3. The van der Waals surface area contributed by atoms with E-state index in [2.05, 4.69) is 21.7 Å². The van der Waals surface area contributed by atoms with E-state index >= 15 is 0 Å². The first kappa shape index (κ1) is 27.8. The molecule has 0 saturated heterocycles. The molecule has 1 aliphatic rings. The number of para-hydroxylation sites is 1. The predicted molar refractivity (Wildman–Crippen MR) is 153 cm³/mol. The first-order chi connectivity index (χ1) is 20.0. The molecule has 212 valence electrons. The molecule has 1 heterocycles. The SMILES string of the molecule is COc1ccc(NC(=O)C(C2CC=CCC2)N(Cc2ccccc2F)C(=O)Cn2nnc3ccccc32)c(OC)c1. The Kier molecular flexibility index (Phi) is 8.57. The van der Waals surface area contributed by atoms with Crippen LogP contribution >= 0.6 is 0 Å². The first-order valence-corrected chi connectivity index (χ1v) is 13.5. The van der Waals surface area contributed by atoms with Crippen molar-refractivity contribution in [1.82, 2.24) is 19.9 Å². The maximum Gasteiger partial charge on any atom is 0.247 e. The van der Waals surface area contributed by atoms with Crippen LogP contribution in [0.25, 0.3) is 11.0 Å². The number of allylic oxidation sites excluding steroid dienone is 2. The first-order valence-electron chi connectivity index (χ1n) is 13.5. The van der Waals surface area contributed by atoms with Crippen LogP contribution in [0.1, 0.15) is 24.8 Å². The highest BCUT2D eigenvalue weighted by molar-refractivity contribution is 5.98. The normalized spacial score (nSPS) is 15.3. The number of halogens is 1. The molecule has 0 bridgehead atoms. The van der Waals surface area contributed by atoms with E-state index in [1.54, 1.807) is 43.5 Å². The van der Waals surface area contributed by atoms with Gasteiger partial charge in [0.15, 0.2) is 0 Å². The van der Waals surface area contributed by atoms with Gasteiger partial charge in [0.1, 0.15) is 35.4 Å². The highest BCUT2D eigenvalue weighted by Gasteiger charge is 2.37. The zero-order chi connectivity index (χ0) is 28.8.